The van der Waals surface area contributed by atoms with E-state index in [0.29, 0.717) is 17.6 Å². The number of nitrogens with one attached hydrogen (secondary N) is 2. The summed E-state index contributed by atoms with van der Waals surface area (Å²) in [6, 6.07) is 8.33. The summed E-state index contributed by atoms with van der Waals surface area (Å²) in [4.78, 5) is 23.9. The number of hydrogen-bond donors (Lipinski definition) is 2. The van der Waals surface area contributed by atoms with Crippen molar-refractivity contribution in [3.05, 3.63) is 45.9 Å². The van der Waals surface area contributed by atoms with Crippen LogP contribution in [0, 0.1) is 5.92 Å². The molecular formula is C19H28N4O2S. The molecule has 0 aliphatic rings. The summed E-state index contributed by atoms with van der Waals surface area (Å²) in [7, 11) is 0. The van der Waals surface area contributed by atoms with Crippen LogP contribution < -0.4 is 11.0 Å². The maximum Gasteiger partial charge on any atom is 0.343 e. The minimum atomic E-state index is -0.232. The number of H-pyrrole nitrogens is 1. The van der Waals surface area contributed by atoms with Gasteiger partial charge in [0, 0.05) is 6.54 Å². The van der Waals surface area contributed by atoms with Gasteiger partial charge in [0.15, 0.2) is 5.16 Å². The summed E-state index contributed by atoms with van der Waals surface area (Å²) >= 11 is 1.27. The van der Waals surface area contributed by atoms with E-state index in [9.17, 15) is 9.59 Å². The maximum atomic E-state index is 12.2. The van der Waals surface area contributed by atoms with Gasteiger partial charge in [0.1, 0.15) is 0 Å². The Hall–Kier alpha value is -2.02. The number of thioether (sulfide) groups is 1. The lowest BCUT2D eigenvalue weighted by atomic mass is 10.00. The molecule has 0 bridgehead atoms. The van der Waals surface area contributed by atoms with Crippen molar-refractivity contribution in [2.24, 2.45) is 5.92 Å². The van der Waals surface area contributed by atoms with Crippen LogP contribution in [0.15, 0.2) is 34.2 Å². The summed E-state index contributed by atoms with van der Waals surface area (Å²) in [5, 5.41) is 9.97. The molecule has 1 aromatic carbocycles. The van der Waals surface area contributed by atoms with Crippen LogP contribution in [0.4, 0.5) is 0 Å². The Balaban J connectivity index is 1.88. The van der Waals surface area contributed by atoms with Crippen LogP contribution in [0.25, 0.3) is 0 Å². The Labute approximate surface area is 158 Å². The van der Waals surface area contributed by atoms with Gasteiger partial charge in [-0.3, -0.25) is 9.36 Å². The predicted octanol–water partition coefficient (Wildman–Crippen LogP) is 3.15. The molecule has 7 heteroatoms. The standard InChI is InChI=1S/C19H28N4O2S/c1-5-10-23-18(25)21-22-19(23)26-12-17(24)20-14(4)16-8-6-15(7-9-16)11-13(2)3/h6-9,13-14H,5,10-12H2,1-4H3,(H,20,24)(H,21,25)/t14-/m0/s1. The zero-order chi connectivity index (χ0) is 19.1. The van der Waals surface area contributed by atoms with E-state index in [2.05, 4.69) is 53.6 Å². The average molecular weight is 377 g/mol. The van der Waals surface area contributed by atoms with Crippen molar-refractivity contribution in [3.63, 3.8) is 0 Å². The van der Waals surface area contributed by atoms with Crippen LogP contribution in [-0.2, 0) is 17.8 Å². The lowest BCUT2D eigenvalue weighted by Crippen LogP contribution is -2.28. The number of hydrogen-bond acceptors (Lipinski definition) is 4. The second-order valence-corrected chi connectivity index (χ2v) is 7.82. The van der Waals surface area contributed by atoms with Gasteiger partial charge in [0.2, 0.25) is 5.91 Å². The van der Waals surface area contributed by atoms with E-state index in [4.69, 9.17) is 0 Å². The molecule has 1 atom stereocenters. The normalized spacial score (nSPS) is 12.3. The number of carbonyl (C=O) groups is 1. The van der Waals surface area contributed by atoms with E-state index in [1.54, 1.807) is 4.57 Å². The van der Waals surface area contributed by atoms with Gasteiger partial charge >= 0.3 is 5.69 Å². The fourth-order valence-electron chi connectivity index (χ4n) is 2.74. The molecule has 1 amide bonds. The van der Waals surface area contributed by atoms with E-state index >= 15 is 0 Å². The molecule has 2 N–H and O–H groups in total. The molecule has 142 valence electrons. The van der Waals surface area contributed by atoms with Gasteiger partial charge in [-0.15, -0.1) is 5.10 Å². The van der Waals surface area contributed by atoms with Crippen LogP contribution in [0.1, 0.15) is 51.3 Å². The first-order valence-electron chi connectivity index (χ1n) is 9.06. The molecule has 1 aromatic heterocycles. The fourth-order valence-corrected chi connectivity index (χ4v) is 3.53. The highest BCUT2D eigenvalue weighted by Gasteiger charge is 2.13. The van der Waals surface area contributed by atoms with Crippen molar-refractivity contribution in [2.75, 3.05) is 5.75 Å². The zero-order valence-corrected chi connectivity index (χ0v) is 16.7. The van der Waals surface area contributed by atoms with Crippen molar-refractivity contribution in [1.29, 1.82) is 0 Å². The lowest BCUT2D eigenvalue weighted by Gasteiger charge is -2.15. The van der Waals surface area contributed by atoms with Gasteiger partial charge in [0.25, 0.3) is 0 Å². The maximum absolute atomic E-state index is 12.2. The van der Waals surface area contributed by atoms with Crippen LogP contribution in [0.3, 0.4) is 0 Å². The monoisotopic (exact) mass is 376 g/mol. The van der Waals surface area contributed by atoms with Gasteiger partial charge in [-0.1, -0.05) is 56.8 Å². The number of rotatable bonds is 9. The van der Waals surface area contributed by atoms with E-state index in [-0.39, 0.29) is 23.4 Å². The second kappa shape index (κ2) is 9.62. The number of nitrogens with zero attached hydrogens (tertiary/aromatic N) is 2. The Morgan fingerprint density at radius 1 is 1.27 bits per heavy atom. The summed E-state index contributed by atoms with van der Waals surface area (Å²) < 4.78 is 1.56. The molecule has 0 saturated heterocycles. The Bertz CT molecular complexity index is 765. The first-order chi connectivity index (χ1) is 12.4. The summed E-state index contributed by atoms with van der Waals surface area (Å²) in [5.41, 5.74) is 2.16. The lowest BCUT2D eigenvalue weighted by molar-refractivity contribution is -0.119. The summed E-state index contributed by atoms with van der Waals surface area (Å²) in [6.45, 7) is 8.97. The highest BCUT2D eigenvalue weighted by Crippen LogP contribution is 2.17. The molecule has 0 saturated carbocycles. The third-order valence-corrected chi connectivity index (χ3v) is 4.98. The number of carbonyl (C=O) groups excluding carboxylic acids is 1. The molecule has 2 rings (SSSR count). The second-order valence-electron chi connectivity index (χ2n) is 6.88. The number of aromatic nitrogens is 3. The molecule has 2 aromatic rings. The Morgan fingerprint density at radius 3 is 2.58 bits per heavy atom. The van der Waals surface area contributed by atoms with E-state index < -0.39 is 0 Å². The minimum Gasteiger partial charge on any atom is -0.349 e. The molecule has 0 fully saturated rings. The molecule has 1 heterocycles. The van der Waals surface area contributed by atoms with Crippen LogP contribution in [-0.4, -0.2) is 26.4 Å². The predicted molar refractivity (Wildman–Crippen MR) is 105 cm³/mol. The topological polar surface area (TPSA) is 79.8 Å². The highest BCUT2D eigenvalue weighted by atomic mass is 32.2. The quantitative estimate of drug-likeness (QED) is 0.659. The van der Waals surface area contributed by atoms with Crippen LogP contribution in [0.5, 0.6) is 0 Å². The minimum absolute atomic E-state index is 0.0618. The van der Waals surface area contributed by atoms with Gasteiger partial charge in [-0.05, 0) is 36.8 Å². The smallest absolute Gasteiger partial charge is 0.343 e. The largest absolute Gasteiger partial charge is 0.349 e. The highest BCUT2D eigenvalue weighted by molar-refractivity contribution is 7.99. The molecule has 0 radical (unpaired) electrons. The third kappa shape index (κ3) is 5.76. The van der Waals surface area contributed by atoms with Gasteiger partial charge in [-0.25, -0.2) is 9.89 Å². The van der Waals surface area contributed by atoms with Gasteiger partial charge in [-0.2, -0.15) is 0 Å². The van der Waals surface area contributed by atoms with Crippen molar-refractivity contribution in [3.8, 4) is 0 Å². The van der Waals surface area contributed by atoms with Crippen molar-refractivity contribution in [1.82, 2.24) is 20.1 Å². The average Bonchev–Trinajstić information content (AvgIpc) is 2.94. The first kappa shape index (κ1) is 20.3. The first-order valence-corrected chi connectivity index (χ1v) is 10.1. The SMILES string of the molecule is CCCn1c(SCC(=O)N[C@@H](C)c2ccc(CC(C)C)cc2)n[nH]c1=O. The Kier molecular flexibility index (Phi) is 7.50. The number of benzene rings is 1. The summed E-state index contributed by atoms with van der Waals surface area (Å²) in [5.74, 6) is 0.776. The van der Waals surface area contributed by atoms with E-state index in [0.717, 1.165) is 18.4 Å². The van der Waals surface area contributed by atoms with Crippen molar-refractivity contribution < 1.29 is 4.79 Å². The Morgan fingerprint density at radius 2 is 1.96 bits per heavy atom. The fraction of sp³-hybridized carbons (Fsp3) is 0.526. The summed E-state index contributed by atoms with van der Waals surface area (Å²) in [6.07, 6.45) is 1.89. The molecule has 6 nitrogen and oxygen atoms in total. The molecule has 0 aliphatic heterocycles. The van der Waals surface area contributed by atoms with Gasteiger partial charge < -0.3 is 5.32 Å². The van der Waals surface area contributed by atoms with E-state index in [1.165, 1.54) is 17.3 Å². The molecule has 0 spiro atoms. The number of amides is 1. The zero-order valence-electron chi connectivity index (χ0n) is 15.9. The van der Waals surface area contributed by atoms with Crippen LogP contribution in [0.2, 0.25) is 0 Å². The molecule has 0 aliphatic carbocycles. The van der Waals surface area contributed by atoms with Crippen molar-refractivity contribution >= 4 is 17.7 Å². The van der Waals surface area contributed by atoms with Crippen LogP contribution >= 0.6 is 11.8 Å². The van der Waals surface area contributed by atoms with Crippen molar-refractivity contribution in [2.45, 2.75) is 58.3 Å². The molecular weight excluding hydrogens is 348 g/mol. The third-order valence-electron chi connectivity index (χ3n) is 4.00. The molecule has 26 heavy (non-hydrogen) atoms. The molecule has 0 unspecified atom stereocenters. The van der Waals surface area contributed by atoms with E-state index in [1.807, 2.05) is 13.8 Å². The number of aromatic amines is 1. The van der Waals surface area contributed by atoms with Gasteiger partial charge in [0.05, 0.1) is 11.8 Å².